The number of aliphatic hydroxyl groups is 1. The van der Waals surface area contributed by atoms with Crippen molar-refractivity contribution in [3.05, 3.63) is 0 Å². The molecule has 0 aliphatic heterocycles. The largest absolute Gasteiger partial charge is 0.393 e. The van der Waals surface area contributed by atoms with Crippen molar-refractivity contribution in [3.8, 4) is 0 Å². The van der Waals surface area contributed by atoms with Gasteiger partial charge in [-0.3, -0.25) is 0 Å². The van der Waals surface area contributed by atoms with E-state index in [-0.39, 0.29) is 6.10 Å². The number of aliphatic hydroxyl groups excluding tert-OH is 1. The first-order valence-electron chi connectivity index (χ1n) is 4.02. The summed E-state index contributed by atoms with van der Waals surface area (Å²) in [7, 11) is 0. The molecule has 1 saturated carbocycles. The number of hydrogen-bond acceptors (Lipinski definition) is 1. The molecule has 1 fully saturated rings. The highest BCUT2D eigenvalue weighted by molar-refractivity contribution is 6.20. The van der Waals surface area contributed by atoms with Crippen molar-refractivity contribution in [2.45, 2.75) is 44.1 Å². The summed E-state index contributed by atoms with van der Waals surface area (Å²) in [5, 5.41) is 9.59. The fourth-order valence-corrected chi connectivity index (χ4v) is 1.81. The molecule has 60 valence electrons. The molecular formula is C8H15ClO. The lowest BCUT2D eigenvalue weighted by atomic mass is 9.86. The summed E-state index contributed by atoms with van der Waals surface area (Å²) in [6.07, 6.45) is 4.23. The Morgan fingerprint density at radius 2 is 1.80 bits per heavy atom. The Hall–Kier alpha value is 0.250. The van der Waals surface area contributed by atoms with E-state index in [2.05, 4.69) is 0 Å². The fourth-order valence-electron chi connectivity index (χ4n) is 1.56. The van der Waals surface area contributed by atoms with E-state index >= 15 is 0 Å². The molecule has 0 saturated heterocycles. The Morgan fingerprint density at radius 3 is 2.20 bits per heavy atom. The minimum atomic E-state index is -0.135. The van der Waals surface area contributed by atoms with Crippen LogP contribution in [0, 0.1) is 5.92 Å². The van der Waals surface area contributed by atoms with E-state index in [0.717, 1.165) is 25.7 Å². The first kappa shape index (κ1) is 8.35. The van der Waals surface area contributed by atoms with Crippen molar-refractivity contribution in [2.24, 2.45) is 5.92 Å². The number of hydrogen-bond donors (Lipinski definition) is 1. The number of rotatable bonds is 1. The second-order valence-corrected chi connectivity index (χ2v) is 3.87. The maximum atomic E-state index is 9.22. The van der Waals surface area contributed by atoms with Crippen LogP contribution in [-0.2, 0) is 0 Å². The van der Waals surface area contributed by atoms with Crippen LogP contribution in [0.4, 0.5) is 0 Å². The summed E-state index contributed by atoms with van der Waals surface area (Å²) in [4.78, 5) is 0. The van der Waals surface area contributed by atoms with E-state index in [9.17, 15) is 5.11 Å². The highest BCUT2D eigenvalue weighted by atomic mass is 35.5. The standard InChI is InChI=1S/C8H15ClO/c1-6(10)7-2-4-8(9)5-3-7/h6-8,10H,2-5H2,1H3. The van der Waals surface area contributed by atoms with Crippen LogP contribution in [0.2, 0.25) is 0 Å². The first-order chi connectivity index (χ1) is 4.70. The molecule has 0 radical (unpaired) electrons. The molecule has 0 spiro atoms. The van der Waals surface area contributed by atoms with Crippen LogP contribution in [0.3, 0.4) is 0 Å². The van der Waals surface area contributed by atoms with Crippen molar-refractivity contribution in [1.29, 1.82) is 0 Å². The first-order valence-corrected chi connectivity index (χ1v) is 4.46. The Labute approximate surface area is 67.4 Å². The van der Waals surface area contributed by atoms with E-state index < -0.39 is 0 Å². The highest BCUT2D eigenvalue weighted by Gasteiger charge is 2.22. The van der Waals surface area contributed by atoms with Crippen molar-refractivity contribution in [2.75, 3.05) is 0 Å². The summed E-state index contributed by atoms with van der Waals surface area (Å²) < 4.78 is 0. The average molecular weight is 163 g/mol. The van der Waals surface area contributed by atoms with Crippen molar-refractivity contribution in [1.82, 2.24) is 0 Å². The molecule has 1 unspecified atom stereocenters. The van der Waals surface area contributed by atoms with Gasteiger partial charge in [0.05, 0.1) is 6.10 Å². The smallest absolute Gasteiger partial charge is 0.0540 e. The normalized spacial score (nSPS) is 37.5. The zero-order valence-electron chi connectivity index (χ0n) is 6.39. The van der Waals surface area contributed by atoms with Gasteiger partial charge < -0.3 is 5.11 Å². The maximum absolute atomic E-state index is 9.22. The topological polar surface area (TPSA) is 20.2 Å². The third-order valence-corrected chi connectivity index (χ3v) is 2.82. The third kappa shape index (κ3) is 2.14. The Kier molecular flexibility index (Phi) is 2.99. The average Bonchev–Trinajstić information content (AvgIpc) is 1.88. The predicted octanol–water partition coefficient (Wildman–Crippen LogP) is 2.16. The summed E-state index contributed by atoms with van der Waals surface area (Å²) in [6, 6.07) is 0. The van der Waals surface area contributed by atoms with Gasteiger partial charge >= 0.3 is 0 Å². The summed E-state index contributed by atoms with van der Waals surface area (Å²) in [5.74, 6) is 0.509. The Morgan fingerprint density at radius 1 is 1.30 bits per heavy atom. The van der Waals surface area contributed by atoms with E-state index in [1.807, 2.05) is 6.92 Å². The lowest BCUT2D eigenvalue weighted by Crippen LogP contribution is -2.23. The molecule has 1 aliphatic carbocycles. The van der Waals surface area contributed by atoms with E-state index in [4.69, 9.17) is 11.6 Å². The van der Waals surface area contributed by atoms with Gasteiger partial charge in [0, 0.05) is 5.38 Å². The van der Waals surface area contributed by atoms with Crippen LogP contribution in [0.5, 0.6) is 0 Å². The lowest BCUT2D eigenvalue weighted by Gasteiger charge is -2.26. The van der Waals surface area contributed by atoms with Crippen LogP contribution < -0.4 is 0 Å². The molecule has 0 amide bonds. The van der Waals surface area contributed by atoms with Gasteiger partial charge in [0.15, 0.2) is 0 Å². The SMILES string of the molecule is CC(O)C1CCC(Cl)CC1. The van der Waals surface area contributed by atoms with Gasteiger partial charge in [-0.05, 0) is 38.5 Å². The molecule has 0 heterocycles. The Bertz CT molecular complexity index is 95.4. The van der Waals surface area contributed by atoms with Gasteiger partial charge in [0.25, 0.3) is 0 Å². The zero-order chi connectivity index (χ0) is 7.56. The van der Waals surface area contributed by atoms with Gasteiger partial charge in [0.1, 0.15) is 0 Å². The molecule has 10 heavy (non-hydrogen) atoms. The lowest BCUT2D eigenvalue weighted by molar-refractivity contribution is 0.102. The molecule has 2 heteroatoms. The molecule has 0 aromatic carbocycles. The minimum Gasteiger partial charge on any atom is -0.393 e. The molecule has 0 aromatic heterocycles. The monoisotopic (exact) mass is 162 g/mol. The molecule has 0 aromatic rings. The number of alkyl halides is 1. The summed E-state index contributed by atoms with van der Waals surface area (Å²) in [5.41, 5.74) is 0. The van der Waals surface area contributed by atoms with E-state index in [1.165, 1.54) is 0 Å². The molecular weight excluding hydrogens is 148 g/mol. The zero-order valence-corrected chi connectivity index (χ0v) is 7.14. The van der Waals surface area contributed by atoms with Gasteiger partial charge in [0.2, 0.25) is 0 Å². The van der Waals surface area contributed by atoms with Crippen LogP contribution in [-0.4, -0.2) is 16.6 Å². The van der Waals surface area contributed by atoms with Crippen LogP contribution in [0.25, 0.3) is 0 Å². The van der Waals surface area contributed by atoms with Gasteiger partial charge in [-0.1, -0.05) is 0 Å². The van der Waals surface area contributed by atoms with Crippen molar-refractivity contribution < 1.29 is 5.11 Å². The molecule has 0 bridgehead atoms. The predicted molar refractivity (Wildman–Crippen MR) is 43.3 cm³/mol. The molecule has 1 rings (SSSR count). The fraction of sp³-hybridized carbons (Fsp3) is 1.00. The molecule has 1 atom stereocenters. The summed E-state index contributed by atoms with van der Waals surface area (Å²) >= 11 is 5.90. The second-order valence-electron chi connectivity index (χ2n) is 3.25. The highest BCUT2D eigenvalue weighted by Crippen LogP contribution is 2.29. The van der Waals surface area contributed by atoms with Crippen molar-refractivity contribution >= 4 is 11.6 Å². The van der Waals surface area contributed by atoms with Crippen molar-refractivity contribution in [3.63, 3.8) is 0 Å². The Balaban J connectivity index is 2.26. The van der Waals surface area contributed by atoms with E-state index in [0.29, 0.717) is 11.3 Å². The van der Waals surface area contributed by atoms with Gasteiger partial charge in [-0.15, -0.1) is 11.6 Å². The quantitative estimate of drug-likeness (QED) is 0.586. The van der Waals surface area contributed by atoms with Gasteiger partial charge in [-0.2, -0.15) is 0 Å². The number of halogens is 1. The molecule has 1 aliphatic rings. The van der Waals surface area contributed by atoms with Crippen LogP contribution in [0.15, 0.2) is 0 Å². The summed E-state index contributed by atoms with van der Waals surface area (Å²) in [6.45, 7) is 1.87. The van der Waals surface area contributed by atoms with Crippen LogP contribution in [0.1, 0.15) is 32.6 Å². The van der Waals surface area contributed by atoms with Crippen LogP contribution >= 0.6 is 11.6 Å². The molecule has 1 N–H and O–H groups in total. The maximum Gasteiger partial charge on any atom is 0.0540 e. The van der Waals surface area contributed by atoms with Gasteiger partial charge in [-0.25, -0.2) is 0 Å². The second kappa shape index (κ2) is 3.59. The van der Waals surface area contributed by atoms with E-state index in [1.54, 1.807) is 0 Å². The third-order valence-electron chi connectivity index (χ3n) is 2.38. The molecule has 1 nitrogen and oxygen atoms in total. The minimum absolute atomic E-state index is 0.135.